The highest BCUT2D eigenvalue weighted by Gasteiger charge is 2.57. The lowest BCUT2D eigenvalue weighted by Gasteiger charge is -2.50. The summed E-state index contributed by atoms with van der Waals surface area (Å²) in [7, 11) is 4.83. The molecule has 1 aromatic carbocycles. The van der Waals surface area contributed by atoms with E-state index in [2.05, 4.69) is 6.07 Å². The summed E-state index contributed by atoms with van der Waals surface area (Å²) in [5.41, 5.74) is 0.412. The van der Waals surface area contributed by atoms with Crippen molar-refractivity contribution in [3.8, 4) is 11.8 Å². The van der Waals surface area contributed by atoms with Gasteiger partial charge in [0.05, 0.1) is 18.6 Å². The first-order chi connectivity index (χ1) is 8.63. The Morgan fingerprint density at radius 3 is 2.33 bits per heavy atom. The van der Waals surface area contributed by atoms with Crippen LogP contribution in [-0.4, -0.2) is 27.1 Å². The predicted molar refractivity (Wildman–Crippen MR) is 66.3 cm³/mol. The van der Waals surface area contributed by atoms with E-state index in [-0.39, 0.29) is 0 Å². The second-order valence-corrected chi connectivity index (χ2v) is 4.60. The molecular formula is C14H17NO3. The largest absolute Gasteiger partial charge is 0.497 e. The number of nitriles is 1. The second kappa shape index (κ2) is 4.60. The van der Waals surface area contributed by atoms with Gasteiger partial charge in [-0.15, -0.1) is 0 Å². The van der Waals surface area contributed by atoms with Gasteiger partial charge in [0.1, 0.15) is 5.75 Å². The van der Waals surface area contributed by atoms with Crippen LogP contribution in [-0.2, 0) is 14.9 Å². The molecule has 0 bridgehead atoms. The fraction of sp³-hybridized carbons (Fsp3) is 0.500. The van der Waals surface area contributed by atoms with Crippen molar-refractivity contribution in [1.82, 2.24) is 0 Å². The van der Waals surface area contributed by atoms with Gasteiger partial charge in [0.25, 0.3) is 0 Å². The van der Waals surface area contributed by atoms with E-state index in [4.69, 9.17) is 14.2 Å². The van der Waals surface area contributed by atoms with Crippen LogP contribution in [0, 0.1) is 11.3 Å². The number of rotatable bonds is 4. The molecule has 0 unspecified atom stereocenters. The van der Waals surface area contributed by atoms with E-state index in [0.717, 1.165) is 11.3 Å². The Morgan fingerprint density at radius 2 is 1.83 bits per heavy atom. The highest BCUT2D eigenvalue weighted by Crippen LogP contribution is 2.52. The molecule has 0 aliphatic heterocycles. The van der Waals surface area contributed by atoms with E-state index in [1.54, 1.807) is 21.3 Å². The van der Waals surface area contributed by atoms with Crippen molar-refractivity contribution in [1.29, 1.82) is 5.26 Å². The lowest BCUT2D eigenvalue weighted by molar-refractivity contribution is -0.269. The number of hydrogen-bond donors (Lipinski definition) is 0. The Hall–Kier alpha value is -1.57. The molecule has 1 saturated carbocycles. The zero-order chi connectivity index (χ0) is 13.2. The normalized spacial score (nSPS) is 19.7. The van der Waals surface area contributed by atoms with Gasteiger partial charge in [-0.25, -0.2) is 0 Å². The van der Waals surface area contributed by atoms with Crippen molar-refractivity contribution < 1.29 is 14.2 Å². The van der Waals surface area contributed by atoms with Gasteiger partial charge in [-0.3, -0.25) is 0 Å². The van der Waals surface area contributed by atoms with Crippen molar-refractivity contribution in [2.75, 3.05) is 21.3 Å². The Labute approximate surface area is 107 Å². The fourth-order valence-corrected chi connectivity index (χ4v) is 2.51. The highest BCUT2D eigenvalue weighted by atomic mass is 16.7. The lowest BCUT2D eigenvalue weighted by atomic mass is 9.61. The van der Waals surface area contributed by atoms with Gasteiger partial charge in [-0.2, -0.15) is 5.26 Å². The molecule has 4 nitrogen and oxygen atoms in total. The maximum Gasteiger partial charge on any atom is 0.171 e. The number of nitrogens with zero attached hydrogens (tertiary/aromatic N) is 1. The Kier molecular flexibility index (Phi) is 3.29. The first kappa shape index (κ1) is 12.9. The van der Waals surface area contributed by atoms with Crippen LogP contribution < -0.4 is 4.74 Å². The smallest absolute Gasteiger partial charge is 0.171 e. The molecule has 0 aromatic heterocycles. The van der Waals surface area contributed by atoms with Crippen molar-refractivity contribution >= 4 is 0 Å². The van der Waals surface area contributed by atoms with E-state index in [1.807, 2.05) is 24.3 Å². The van der Waals surface area contributed by atoms with Crippen LogP contribution >= 0.6 is 0 Å². The third-order valence-electron chi connectivity index (χ3n) is 3.72. The Bertz CT molecular complexity index is 466. The van der Waals surface area contributed by atoms with Crippen LogP contribution in [0.25, 0.3) is 0 Å². The molecule has 0 radical (unpaired) electrons. The average Bonchev–Trinajstić information content (AvgIpc) is 2.40. The van der Waals surface area contributed by atoms with E-state index >= 15 is 0 Å². The quantitative estimate of drug-likeness (QED) is 0.766. The van der Waals surface area contributed by atoms with Crippen LogP contribution in [0.1, 0.15) is 18.4 Å². The van der Waals surface area contributed by atoms with Crippen LogP contribution in [0.4, 0.5) is 0 Å². The van der Waals surface area contributed by atoms with E-state index in [1.165, 1.54) is 0 Å². The van der Waals surface area contributed by atoms with Crippen molar-refractivity contribution in [2.45, 2.75) is 24.0 Å². The molecule has 2 rings (SSSR count). The first-order valence-corrected chi connectivity index (χ1v) is 5.80. The monoisotopic (exact) mass is 247 g/mol. The van der Waals surface area contributed by atoms with Gasteiger partial charge in [0.2, 0.25) is 0 Å². The maximum absolute atomic E-state index is 9.47. The first-order valence-electron chi connectivity index (χ1n) is 5.80. The molecule has 1 aliphatic carbocycles. The van der Waals surface area contributed by atoms with Gasteiger partial charge in [0.15, 0.2) is 5.79 Å². The van der Waals surface area contributed by atoms with Crippen molar-refractivity contribution in [3.63, 3.8) is 0 Å². The summed E-state index contributed by atoms with van der Waals surface area (Å²) in [6.45, 7) is 0. The predicted octanol–water partition coefficient (Wildman–Crippen LogP) is 2.24. The molecule has 0 saturated heterocycles. The number of methoxy groups -OCH3 is 3. The SMILES string of the molecule is COc1cccc(C2(C#N)CC(OC)(OC)C2)c1. The summed E-state index contributed by atoms with van der Waals surface area (Å²) in [4.78, 5) is 0. The minimum atomic E-state index is -0.626. The number of ether oxygens (including phenoxy) is 3. The standard InChI is InChI=1S/C14H17NO3/c1-16-12-6-4-5-11(7-12)13(10-15)8-14(9-13,17-2)18-3/h4-7H,8-9H2,1-3H3. The Morgan fingerprint density at radius 1 is 1.17 bits per heavy atom. The van der Waals surface area contributed by atoms with Crippen LogP contribution in [0.15, 0.2) is 24.3 Å². The third kappa shape index (κ3) is 1.86. The summed E-state index contributed by atoms with van der Waals surface area (Å²) in [5, 5.41) is 9.47. The van der Waals surface area contributed by atoms with Gasteiger partial charge < -0.3 is 14.2 Å². The molecule has 1 aliphatic rings. The van der Waals surface area contributed by atoms with E-state index in [0.29, 0.717) is 12.8 Å². The molecule has 0 atom stereocenters. The van der Waals surface area contributed by atoms with Gasteiger partial charge >= 0.3 is 0 Å². The summed E-state index contributed by atoms with van der Waals surface area (Å²) in [6.07, 6.45) is 1.08. The van der Waals surface area contributed by atoms with Gasteiger partial charge in [-0.05, 0) is 17.7 Å². The summed E-state index contributed by atoms with van der Waals surface area (Å²) < 4.78 is 15.9. The minimum absolute atomic E-state index is 0.538. The zero-order valence-corrected chi connectivity index (χ0v) is 10.9. The average molecular weight is 247 g/mol. The number of benzene rings is 1. The topological polar surface area (TPSA) is 51.5 Å². The third-order valence-corrected chi connectivity index (χ3v) is 3.72. The molecule has 18 heavy (non-hydrogen) atoms. The van der Waals surface area contributed by atoms with E-state index in [9.17, 15) is 5.26 Å². The molecule has 0 amide bonds. The van der Waals surface area contributed by atoms with Gasteiger partial charge in [0, 0.05) is 27.1 Å². The molecular weight excluding hydrogens is 230 g/mol. The van der Waals surface area contributed by atoms with Crippen molar-refractivity contribution in [2.24, 2.45) is 0 Å². The summed E-state index contributed by atoms with van der Waals surface area (Å²) in [5.74, 6) is 0.133. The fourth-order valence-electron chi connectivity index (χ4n) is 2.51. The zero-order valence-electron chi connectivity index (χ0n) is 10.9. The van der Waals surface area contributed by atoms with E-state index < -0.39 is 11.2 Å². The molecule has 0 N–H and O–H groups in total. The lowest BCUT2D eigenvalue weighted by Crippen LogP contribution is -2.56. The minimum Gasteiger partial charge on any atom is -0.497 e. The molecule has 1 fully saturated rings. The molecule has 4 heteroatoms. The summed E-state index contributed by atoms with van der Waals surface area (Å²) in [6, 6.07) is 10.0. The van der Waals surface area contributed by atoms with Gasteiger partial charge in [-0.1, -0.05) is 12.1 Å². The highest BCUT2D eigenvalue weighted by molar-refractivity contribution is 5.41. The second-order valence-electron chi connectivity index (χ2n) is 4.60. The van der Waals surface area contributed by atoms with Crippen LogP contribution in [0.2, 0.25) is 0 Å². The molecule has 96 valence electrons. The summed E-state index contributed by atoms with van der Waals surface area (Å²) >= 11 is 0. The molecule has 1 aromatic rings. The van der Waals surface area contributed by atoms with Crippen LogP contribution in [0.5, 0.6) is 5.75 Å². The Balaban J connectivity index is 2.29. The number of hydrogen-bond acceptors (Lipinski definition) is 4. The molecule has 0 heterocycles. The maximum atomic E-state index is 9.47. The van der Waals surface area contributed by atoms with Crippen molar-refractivity contribution in [3.05, 3.63) is 29.8 Å². The van der Waals surface area contributed by atoms with Crippen LogP contribution in [0.3, 0.4) is 0 Å². The molecule has 0 spiro atoms.